The Morgan fingerprint density at radius 2 is 1.87 bits per heavy atom. The lowest BCUT2D eigenvalue weighted by Crippen LogP contribution is -2.48. The van der Waals surface area contributed by atoms with Crippen LogP contribution in [0.1, 0.15) is 37.9 Å². The van der Waals surface area contributed by atoms with E-state index in [2.05, 4.69) is 23.6 Å². The highest BCUT2D eigenvalue weighted by Crippen LogP contribution is 2.41. The van der Waals surface area contributed by atoms with E-state index < -0.39 is 0 Å². The van der Waals surface area contributed by atoms with E-state index in [1.165, 1.54) is 12.5 Å². The molecule has 0 saturated carbocycles. The number of rotatable bonds is 6. The molecule has 3 aromatic rings. The predicted molar refractivity (Wildman–Crippen MR) is 118 cm³/mol. The van der Waals surface area contributed by atoms with Gasteiger partial charge in [0.1, 0.15) is 0 Å². The van der Waals surface area contributed by atoms with Gasteiger partial charge in [-0.2, -0.15) is 0 Å². The van der Waals surface area contributed by atoms with Gasteiger partial charge in [0.05, 0.1) is 18.8 Å². The largest absolute Gasteiger partial charge is 0.490 e. The van der Waals surface area contributed by atoms with E-state index in [1.54, 1.807) is 0 Å². The average Bonchev–Trinajstić information content (AvgIpc) is 3.24. The van der Waals surface area contributed by atoms with Crippen LogP contribution in [0.4, 0.5) is 0 Å². The van der Waals surface area contributed by atoms with Crippen LogP contribution in [0.15, 0.2) is 54.9 Å². The molecule has 1 N–H and O–H groups in total. The number of hydrogen-bond donors (Lipinski definition) is 1. The summed E-state index contributed by atoms with van der Waals surface area (Å²) in [5, 5.41) is 2.60. The lowest BCUT2D eigenvalue weighted by molar-refractivity contribution is -0.133. The molecule has 4 rings (SSSR count). The number of imidazole rings is 1. The fourth-order valence-electron chi connectivity index (χ4n) is 4.39. The Labute approximate surface area is 182 Å². The summed E-state index contributed by atoms with van der Waals surface area (Å²) in [4.78, 5) is 30.5. The van der Waals surface area contributed by atoms with Gasteiger partial charge in [0.2, 0.25) is 11.8 Å². The highest BCUT2D eigenvalue weighted by Gasteiger charge is 2.41. The first kappa shape index (κ1) is 20.9. The molecule has 1 aliphatic heterocycles. The monoisotopic (exact) mass is 420 g/mol. The summed E-state index contributed by atoms with van der Waals surface area (Å²) < 4.78 is 7.80. The number of benzene rings is 1. The highest BCUT2D eigenvalue weighted by molar-refractivity contribution is 5.83. The van der Waals surface area contributed by atoms with E-state index in [-0.39, 0.29) is 23.8 Å². The predicted octanol–water partition coefficient (Wildman–Crippen LogP) is 2.78. The van der Waals surface area contributed by atoms with Gasteiger partial charge in [-0.15, -0.1) is 0 Å². The number of carbonyl (C=O) groups excluding carboxylic acids is 2. The van der Waals surface area contributed by atoms with Crippen molar-refractivity contribution >= 4 is 17.5 Å². The normalized spacial score (nSPS) is 15.6. The van der Waals surface area contributed by atoms with Crippen LogP contribution in [0.5, 0.6) is 5.75 Å². The molecular weight excluding hydrogens is 392 g/mol. The second-order valence-electron chi connectivity index (χ2n) is 7.90. The van der Waals surface area contributed by atoms with Gasteiger partial charge in [-0.25, -0.2) is 4.98 Å². The number of nitrogens with zero attached hydrogens (tertiary/aromatic N) is 3. The van der Waals surface area contributed by atoms with Crippen molar-refractivity contribution in [1.82, 2.24) is 19.6 Å². The third-order valence-corrected chi connectivity index (χ3v) is 6.02. The molecule has 162 valence electrons. The second-order valence-corrected chi connectivity index (χ2v) is 7.90. The maximum Gasteiger partial charge on any atom is 0.241 e. The van der Waals surface area contributed by atoms with Crippen molar-refractivity contribution in [3.8, 4) is 5.75 Å². The van der Waals surface area contributed by atoms with Crippen molar-refractivity contribution in [2.45, 2.75) is 32.1 Å². The molecule has 1 aliphatic rings. The molecule has 7 heteroatoms. The smallest absolute Gasteiger partial charge is 0.241 e. The molecule has 0 spiro atoms. The molecule has 0 atom stereocenters. The Kier molecular flexibility index (Phi) is 5.93. The van der Waals surface area contributed by atoms with Crippen LogP contribution in [0.3, 0.4) is 0 Å². The number of ether oxygens (including phenoxy) is 1. The molecule has 0 unspecified atom stereocenters. The van der Waals surface area contributed by atoms with Crippen LogP contribution in [-0.4, -0.2) is 52.3 Å². The molecule has 1 saturated heterocycles. The molecule has 31 heavy (non-hydrogen) atoms. The maximum absolute atomic E-state index is 12.5. The molecule has 2 aromatic heterocycles. The van der Waals surface area contributed by atoms with E-state index >= 15 is 0 Å². The first-order valence-corrected chi connectivity index (χ1v) is 10.7. The molecule has 2 amide bonds. The van der Waals surface area contributed by atoms with Crippen LogP contribution >= 0.6 is 0 Å². The molecule has 0 radical (unpaired) electrons. The fourth-order valence-corrected chi connectivity index (χ4v) is 4.39. The summed E-state index contributed by atoms with van der Waals surface area (Å²) in [6.45, 7) is 5.23. The van der Waals surface area contributed by atoms with Gasteiger partial charge in [0.25, 0.3) is 0 Å². The zero-order valence-corrected chi connectivity index (χ0v) is 18.0. The van der Waals surface area contributed by atoms with E-state index in [1.807, 2.05) is 52.8 Å². The molecule has 0 aliphatic carbocycles. The van der Waals surface area contributed by atoms with Crippen LogP contribution in [-0.2, 0) is 15.0 Å². The van der Waals surface area contributed by atoms with Crippen LogP contribution in [0.2, 0.25) is 0 Å². The Balaban J connectivity index is 1.67. The number of hydrogen-bond acceptors (Lipinski definition) is 4. The van der Waals surface area contributed by atoms with Crippen LogP contribution < -0.4 is 10.1 Å². The molecule has 1 fully saturated rings. The summed E-state index contributed by atoms with van der Waals surface area (Å²) in [6, 6.07) is 14.3. The van der Waals surface area contributed by atoms with Crippen molar-refractivity contribution in [2.75, 3.05) is 26.2 Å². The van der Waals surface area contributed by atoms with Gasteiger partial charge in [0, 0.05) is 37.8 Å². The third kappa shape index (κ3) is 4.13. The van der Waals surface area contributed by atoms with Crippen LogP contribution in [0, 0.1) is 0 Å². The quantitative estimate of drug-likeness (QED) is 0.665. The average molecular weight is 421 g/mol. The summed E-state index contributed by atoms with van der Waals surface area (Å²) in [7, 11) is 0. The molecule has 0 bridgehead atoms. The Hall–Kier alpha value is -3.35. The first-order valence-electron chi connectivity index (χ1n) is 10.7. The number of nitrogens with one attached hydrogen (secondary N) is 1. The fraction of sp³-hybridized carbons (Fsp3) is 0.375. The molecular formula is C24H28N4O3. The Morgan fingerprint density at radius 1 is 1.13 bits per heavy atom. The van der Waals surface area contributed by atoms with Crippen molar-refractivity contribution in [3.05, 3.63) is 66.1 Å². The minimum Gasteiger partial charge on any atom is -0.490 e. The van der Waals surface area contributed by atoms with Gasteiger partial charge in [-0.05, 0) is 37.5 Å². The first-order chi connectivity index (χ1) is 15.0. The topological polar surface area (TPSA) is 75.9 Å². The Bertz CT molecular complexity index is 1070. The third-order valence-electron chi connectivity index (χ3n) is 6.02. The van der Waals surface area contributed by atoms with Gasteiger partial charge in [0.15, 0.2) is 11.4 Å². The van der Waals surface area contributed by atoms with Crippen molar-refractivity contribution in [2.24, 2.45) is 0 Å². The van der Waals surface area contributed by atoms with E-state index in [9.17, 15) is 9.59 Å². The SMILES string of the molecule is CCOc1cccn2cc(C3(c4ccccc4)CCN(C(=O)CNC(C)=O)CC3)nc12. The van der Waals surface area contributed by atoms with E-state index in [0.29, 0.717) is 19.7 Å². The van der Waals surface area contributed by atoms with Gasteiger partial charge in [-0.3, -0.25) is 9.59 Å². The minimum absolute atomic E-state index is 0.0414. The van der Waals surface area contributed by atoms with Crippen molar-refractivity contribution < 1.29 is 14.3 Å². The number of piperidine rings is 1. The van der Waals surface area contributed by atoms with Crippen molar-refractivity contribution in [1.29, 1.82) is 0 Å². The minimum atomic E-state index is -0.290. The zero-order valence-electron chi connectivity index (χ0n) is 18.0. The number of aromatic nitrogens is 2. The number of fused-ring (bicyclic) bond motifs is 1. The number of likely N-dealkylation sites (tertiary alicyclic amines) is 1. The number of pyridine rings is 1. The molecule has 7 nitrogen and oxygen atoms in total. The highest BCUT2D eigenvalue weighted by atomic mass is 16.5. The summed E-state index contributed by atoms with van der Waals surface area (Å²) in [6.07, 6.45) is 5.59. The molecule has 3 heterocycles. The Morgan fingerprint density at radius 3 is 2.55 bits per heavy atom. The van der Waals surface area contributed by atoms with Gasteiger partial charge in [-0.1, -0.05) is 30.3 Å². The van der Waals surface area contributed by atoms with Crippen molar-refractivity contribution in [3.63, 3.8) is 0 Å². The van der Waals surface area contributed by atoms with E-state index in [4.69, 9.17) is 9.72 Å². The number of amides is 2. The zero-order chi connectivity index (χ0) is 21.8. The summed E-state index contributed by atoms with van der Waals surface area (Å²) in [5.74, 6) is 0.520. The lowest BCUT2D eigenvalue weighted by atomic mass is 9.70. The van der Waals surface area contributed by atoms with Crippen LogP contribution in [0.25, 0.3) is 5.65 Å². The number of carbonyl (C=O) groups is 2. The maximum atomic E-state index is 12.5. The molecule has 1 aromatic carbocycles. The summed E-state index contributed by atoms with van der Waals surface area (Å²) in [5.41, 5.74) is 2.70. The van der Waals surface area contributed by atoms with Gasteiger partial charge < -0.3 is 19.4 Å². The van der Waals surface area contributed by atoms with E-state index in [0.717, 1.165) is 29.9 Å². The standard InChI is InChI=1S/C24H28N4O3/c1-3-31-20-10-7-13-28-17-21(26-23(20)28)24(19-8-5-4-6-9-19)11-14-27(15-12-24)22(30)16-25-18(2)29/h4-10,13,17H,3,11-12,14-16H2,1-2H3,(H,25,29). The second kappa shape index (κ2) is 8.79. The summed E-state index contributed by atoms with van der Waals surface area (Å²) >= 11 is 0. The van der Waals surface area contributed by atoms with Gasteiger partial charge >= 0.3 is 0 Å². The lowest BCUT2D eigenvalue weighted by Gasteiger charge is -2.41.